The molecular formula is C19H28O. The van der Waals surface area contributed by atoms with Gasteiger partial charge in [0.2, 0.25) is 0 Å². The number of hydrogen-bond donors (Lipinski definition) is 0. The van der Waals surface area contributed by atoms with E-state index in [1.54, 1.807) is 0 Å². The Bertz CT molecular complexity index is 451. The van der Waals surface area contributed by atoms with Gasteiger partial charge in [0.1, 0.15) is 0 Å². The first-order valence-corrected chi connectivity index (χ1v) is 7.60. The molecule has 0 fully saturated rings. The minimum Gasteiger partial charge on any atom is -0.501 e. The smallest absolute Gasteiger partial charge is 0.0876 e. The van der Waals surface area contributed by atoms with Crippen molar-refractivity contribution < 1.29 is 4.74 Å². The maximum atomic E-state index is 5.65. The summed E-state index contributed by atoms with van der Waals surface area (Å²) in [7, 11) is 0. The van der Waals surface area contributed by atoms with Crippen molar-refractivity contribution in [2.24, 2.45) is 5.92 Å². The molecule has 0 aliphatic heterocycles. The maximum Gasteiger partial charge on any atom is 0.0876 e. The van der Waals surface area contributed by atoms with Crippen molar-refractivity contribution in [2.75, 3.05) is 6.61 Å². The van der Waals surface area contributed by atoms with Gasteiger partial charge in [-0.25, -0.2) is 0 Å². The van der Waals surface area contributed by atoms with Crippen molar-refractivity contribution in [1.82, 2.24) is 0 Å². The predicted octanol–water partition coefficient (Wildman–Crippen LogP) is 5.92. The van der Waals surface area contributed by atoms with Gasteiger partial charge in [-0.15, -0.1) is 0 Å². The minimum absolute atomic E-state index is 0.742. The molecule has 0 bridgehead atoms. The zero-order valence-corrected chi connectivity index (χ0v) is 13.6. The lowest BCUT2D eigenvalue weighted by Gasteiger charge is -2.09. The Labute approximate surface area is 124 Å². The molecule has 0 aliphatic rings. The van der Waals surface area contributed by atoms with Gasteiger partial charge >= 0.3 is 0 Å². The SMILES string of the molecule is C/C=C(\C)c1ccc(/C(C)=C/OCCC(C)CC)cc1. The van der Waals surface area contributed by atoms with E-state index < -0.39 is 0 Å². The molecule has 1 aromatic rings. The summed E-state index contributed by atoms with van der Waals surface area (Å²) in [6.07, 6.45) is 6.37. The highest BCUT2D eigenvalue weighted by atomic mass is 16.5. The summed E-state index contributed by atoms with van der Waals surface area (Å²) in [6.45, 7) is 11.6. The molecule has 0 heterocycles. The zero-order chi connectivity index (χ0) is 15.0. The molecule has 0 spiro atoms. The Hall–Kier alpha value is -1.50. The summed E-state index contributed by atoms with van der Waals surface area (Å²) in [4.78, 5) is 0. The highest BCUT2D eigenvalue weighted by Crippen LogP contribution is 2.19. The maximum absolute atomic E-state index is 5.65. The topological polar surface area (TPSA) is 9.23 Å². The minimum atomic E-state index is 0.742. The zero-order valence-electron chi connectivity index (χ0n) is 13.6. The van der Waals surface area contributed by atoms with Crippen LogP contribution < -0.4 is 0 Å². The van der Waals surface area contributed by atoms with E-state index in [-0.39, 0.29) is 0 Å². The quantitative estimate of drug-likeness (QED) is 0.442. The summed E-state index contributed by atoms with van der Waals surface area (Å²) < 4.78 is 5.65. The molecule has 1 aromatic carbocycles. The summed E-state index contributed by atoms with van der Waals surface area (Å²) in [5.41, 5.74) is 4.99. The second-order valence-electron chi connectivity index (χ2n) is 5.52. The van der Waals surface area contributed by atoms with Crippen molar-refractivity contribution in [3.8, 4) is 0 Å². The lowest BCUT2D eigenvalue weighted by molar-refractivity contribution is 0.225. The molecular weight excluding hydrogens is 244 g/mol. The summed E-state index contributed by atoms with van der Waals surface area (Å²) in [5.74, 6) is 0.742. The van der Waals surface area contributed by atoms with Gasteiger partial charge in [-0.1, -0.05) is 50.6 Å². The Kier molecular flexibility index (Phi) is 7.14. The van der Waals surface area contributed by atoms with Crippen LogP contribution in [0.5, 0.6) is 0 Å². The molecule has 1 heteroatoms. The van der Waals surface area contributed by atoms with E-state index in [2.05, 4.69) is 65.0 Å². The summed E-state index contributed by atoms with van der Waals surface area (Å²) in [5, 5.41) is 0. The van der Waals surface area contributed by atoms with Crippen molar-refractivity contribution in [1.29, 1.82) is 0 Å². The van der Waals surface area contributed by atoms with Crippen LogP contribution in [0.15, 0.2) is 36.6 Å². The highest BCUT2D eigenvalue weighted by molar-refractivity contribution is 5.68. The van der Waals surface area contributed by atoms with Crippen molar-refractivity contribution in [3.63, 3.8) is 0 Å². The summed E-state index contributed by atoms with van der Waals surface area (Å²) >= 11 is 0. The monoisotopic (exact) mass is 272 g/mol. The second-order valence-corrected chi connectivity index (χ2v) is 5.52. The van der Waals surface area contributed by atoms with E-state index in [1.165, 1.54) is 28.7 Å². The van der Waals surface area contributed by atoms with E-state index in [4.69, 9.17) is 4.74 Å². The van der Waals surface area contributed by atoms with Gasteiger partial charge in [-0.2, -0.15) is 0 Å². The number of allylic oxidation sites excluding steroid dienone is 3. The van der Waals surface area contributed by atoms with Crippen LogP contribution in [-0.4, -0.2) is 6.61 Å². The molecule has 0 aromatic heterocycles. The van der Waals surface area contributed by atoms with E-state index in [1.807, 2.05) is 6.26 Å². The fourth-order valence-electron chi connectivity index (χ4n) is 1.89. The van der Waals surface area contributed by atoms with Crippen LogP contribution in [0, 0.1) is 5.92 Å². The molecule has 1 rings (SSSR count). The standard InChI is InChI=1S/C19H28O/c1-6-15(3)12-13-20-14-17(5)19-10-8-18(9-11-19)16(4)7-2/h7-11,14-15H,6,12-13H2,1-5H3/b16-7+,17-14+. The molecule has 0 saturated carbocycles. The first-order chi connectivity index (χ1) is 9.58. The fourth-order valence-corrected chi connectivity index (χ4v) is 1.89. The van der Waals surface area contributed by atoms with Gasteiger partial charge in [0.05, 0.1) is 12.9 Å². The molecule has 0 radical (unpaired) electrons. The number of ether oxygens (including phenoxy) is 1. The van der Waals surface area contributed by atoms with Gasteiger partial charge in [0.25, 0.3) is 0 Å². The van der Waals surface area contributed by atoms with Gasteiger partial charge in [-0.05, 0) is 55.4 Å². The molecule has 1 atom stereocenters. The molecule has 1 unspecified atom stereocenters. The number of hydrogen-bond acceptors (Lipinski definition) is 1. The van der Waals surface area contributed by atoms with Crippen LogP contribution >= 0.6 is 0 Å². The normalized spacial score (nSPS) is 14.2. The molecule has 0 saturated heterocycles. The Morgan fingerprint density at radius 3 is 2.15 bits per heavy atom. The van der Waals surface area contributed by atoms with Crippen LogP contribution in [0.2, 0.25) is 0 Å². The molecule has 0 amide bonds. The van der Waals surface area contributed by atoms with E-state index in [0.717, 1.165) is 18.9 Å². The molecule has 0 N–H and O–H groups in total. The fraction of sp³-hybridized carbons (Fsp3) is 0.474. The van der Waals surface area contributed by atoms with Gasteiger partial charge < -0.3 is 4.74 Å². The van der Waals surface area contributed by atoms with E-state index in [0.29, 0.717) is 0 Å². The average Bonchev–Trinajstić information content (AvgIpc) is 2.50. The Balaban J connectivity index is 2.56. The Morgan fingerprint density at radius 2 is 1.65 bits per heavy atom. The third-order valence-corrected chi connectivity index (χ3v) is 3.91. The third-order valence-electron chi connectivity index (χ3n) is 3.91. The largest absolute Gasteiger partial charge is 0.501 e. The third kappa shape index (κ3) is 5.24. The van der Waals surface area contributed by atoms with Crippen LogP contribution in [-0.2, 0) is 4.74 Å². The van der Waals surface area contributed by atoms with Gasteiger partial charge in [0, 0.05) is 0 Å². The molecule has 0 aliphatic carbocycles. The molecule has 20 heavy (non-hydrogen) atoms. The Morgan fingerprint density at radius 1 is 1.10 bits per heavy atom. The van der Waals surface area contributed by atoms with Crippen LogP contribution in [0.1, 0.15) is 58.6 Å². The first-order valence-electron chi connectivity index (χ1n) is 7.60. The average molecular weight is 272 g/mol. The van der Waals surface area contributed by atoms with E-state index in [9.17, 15) is 0 Å². The van der Waals surface area contributed by atoms with Gasteiger partial charge in [0.15, 0.2) is 0 Å². The lowest BCUT2D eigenvalue weighted by atomic mass is 10.0. The number of rotatable bonds is 7. The summed E-state index contributed by atoms with van der Waals surface area (Å²) in [6, 6.07) is 8.65. The van der Waals surface area contributed by atoms with Gasteiger partial charge in [-0.3, -0.25) is 0 Å². The first kappa shape index (κ1) is 16.6. The van der Waals surface area contributed by atoms with Crippen LogP contribution in [0.25, 0.3) is 11.1 Å². The lowest BCUT2D eigenvalue weighted by Crippen LogP contribution is -1.97. The molecule has 1 nitrogen and oxygen atoms in total. The van der Waals surface area contributed by atoms with Crippen molar-refractivity contribution >= 4 is 11.1 Å². The molecule has 110 valence electrons. The van der Waals surface area contributed by atoms with Crippen molar-refractivity contribution in [3.05, 3.63) is 47.7 Å². The predicted molar refractivity (Wildman–Crippen MR) is 89.4 cm³/mol. The van der Waals surface area contributed by atoms with Crippen molar-refractivity contribution in [2.45, 2.75) is 47.5 Å². The second kappa shape index (κ2) is 8.63. The van der Waals surface area contributed by atoms with E-state index >= 15 is 0 Å². The van der Waals surface area contributed by atoms with Crippen LogP contribution in [0.3, 0.4) is 0 Å². The van der Waals surface area contributed by atoms with Crippen LogP contribution in [0.4, 0.5) is 0 Å². The number of benzene rings is 1. The highest BCUT2D eigenvalue weighted by Gasteiger charge is 2.00.